The van der Waals surface area contributed by atoms with Crippen LogP contribution in [0.15, 0.2) is 12.1 Å². The third kappa shape index (κ3) is 2.89. The molecule has 0 aliphatic rings. The monoisotopic (exact) mass is 265 g/mol. The van der Waals surface area contributed by atoms with Crippen molar-refractivity contribution in [2.24, 2.45) is 11.1 Å². The Morgan fingerprint density at radius 2 is 1.74 bits per heavy atom. The second-order valence-electron chi connectivity index (χ2n) is 5.37. The number of nitrogens with two attached hydrogens (primary N) is 1. The Bertz CT molecular complexity index is 481. The number of hydrogen-bond donors (Lipinski definition) is 1. The van der Waals surface area contributed by atoms with E-state index in [1.807, 2.05) is 26.0 Å². The van der Waals surface area contributed by atoms with E-state index < -0.39 is 11.5 Å². The van der Waals surface area contributed by atoms with Gasteiger partial charge in [0.25, 0.3) is 0 Å². The molecule has 0 amide bonds. The smallest absolute Gasteiger partial charge is 0.313 e. The van der Waals surface area contributed by atoms with Crippen LogP contribution in [-0.2, 0) is 9.53 Å². The molecule has 4 nitrogen and oxygen atoms in total. The summed E-state index contributed by atoms with van der Waals surface area (Å²) in [5, 5.41) is 0. The van der Waals surface area contributed by atoms with E-state index in [4.69, 9.17) is 15.2 Å². The highest BCUT2D eigenvalue weighted by atomic mass is 16.5. The van der Waals surface area contributed by atoms with Gasteiger partial charge in [0.05, 0.1) is 19.6 Å². The highest BCUT2D eigenvalue weighted by Crippen LogP contribution is 2.38. The molecule has 106 valence electrons. The maximum absolute atomic E-state index is 11.9. The minimum atomic E-state index is -0.816. The molecule has 0 saturated carbocycles. The molecule has 0 aliphatic carbocycles. The van der Waals surface area contributed by atoms with Gasteiger partial charge >= 0.3 is 5.97 Å². The summed E-state index contributed by atoms with van der Waals surface area (Å²) in [7, 11) is 2.97. The Morgan fingerprint density at radius 1 is 1.21 bits per heavy atom. The molecule has 0 aromatic heterocycles. The Kier molecular flexibility index (Phi) is 4.58. The van der Waals surface area contributed by atoms with Gasteiger partial charge in [-0.15, -0.1) is 0 Å². The maximum Gasteiger partial charge on any atom is 0.313 e. The molecule has 19 heavy (non-hydrogen) atoms. The number of rotatable bonds is 4. The molecular weight excluding hydrogens is 242 g/mol. The lowest BCUT2D eigenvalue weighted by Crippen LogP contribution is -2.37. The fourth-order valence-electron chi connectivity index (χ4n) is 2.01. The van der Waals surface area contributed by atoms with Crippen LogP contribution in [0, 0.1) is 19.3 Å². The molecule has 0 bridgehead atoms. The average Bonchev–Trinajstić information content (AvgIpc) is 2.39. The van der Waals surface area contributed by atoms with E-state index in [1.165, 1.54) is 7.11 Å². The van der Waals surface area contributed by atoms with E-state index in [0.717, 1.165) is 16.7 Å². The summed E-state index contributed by atoms with van der Waals surface area (Å²) in [6.45, 7) is 7.57. The van der Waals surface area contributed by atoms with E-state index in [9.17, 15) is 4.79 Å². The average molecular weight is 265 g/mol. The first kappa shape index (κ1) is 15.5. The van der Waals surface area contributed by atoms with Gasteiger partial charge in [0.1, 0.15) is 5.75 Å². The molecule has 0 aliphatic heterocycles. The lowest BCUT2D eigenvalue weighted by molar-refractivity contribution is -0.152. The predicted octanol–water partition coefficient (Wildman–Crippen LogP) is 2.51. The minimum absolute atomic E-state index is 0.333. The Hall–Kier alpha value is -1.55. The van der Waals surface area contributed by atoms with E-state index in [2.05, 4.69) is 0 Å². The second kappa shape index (κ2) is 5.61. The molecule has 0 radical (unpaired) electrons. The molecule has 2 N–H and O–H groups in total. The Balaban J connectivity index is 3.29. The number of hydrogen-bond acceptors (Lipinski definition) is 4. The van der Waals surface area contributed by atoms with Crippen molar-refractivity contribution in [3.05, 3.63) is 28.8 Å². The zero-order chi connectivity index (χ0) is 14.8. The molecule has 0 saturated heterocycles. The minimum Gasteiger partial charge on any atom is -0.496 e. The van der Waals surface area contributed by atoms with Crippen molar-refractivity contribution in [1.82, 2.24) is 0 Å². The van der Waals surface area contributed by atoms with Crippen LogP contribution in [-0.4, -0.2) is 20.2 Å². The van der Waals surface area contributed by atoms with E-state index in [0.29, 0.717) is 5.75 Å². The van der Waals surface area contributed by atoms with Gasteiger partial charge < -0.3 is 15.2 Å². The zero-order valence-corrected chi connectivity index (χ0v) is 12.5. The van der Waals surface area contributed by atoms with Gasteiger partial charge in [0.2, 0.25) is 0 Å². The predicted molar refractivity (Wildman–Crippen MR) is 75.2 cm³/mol. The van der Waals surface area contributed by atoms with E-state index in [1.54, 1.807) is 21.0 Å². The molecule has 1 atom stereocenters. The maximum atomic E-state index is 11.9. The van der Waals surface area contributed by atoms with Crippen LogP contribution >= 0.6 is 0 Å². The Morgan fingerprint density at radius 3 is 2.21 bits per heavy atom. The first-order valence-corrected chi connectivity index (χ1v) is 6.24. The number of aryl methyl sites for hydroxylation is 2. The SMILES string of the molecule is COC(=O)C(C)(C)C(N)c1cc(C)c(C)cc1OC. The molecule has 1 aromatic carbocycles. The van der Waals surface area contributed by atoms with Crippen molar-refractivity contribution in [2.45, 2.75) is 33.7 Å². The quantitative estimate of drug-likeness (QED) is 0.850. The Labute approximate surface area is 114 Å². The highest BCUT2D eigenvalue weighted by Gasteiger charge is 2.38. The van der Waals surface area contributed by atoms with Crippen LogP contribution in [0.1, 0.15) is 36.6 Å². The van der Waals surface area contributed by atoms with E-state index in [-0.39, 0.29) is 5.97 Å². The first-order chi connectivity index (χ1) is 8.75. The van der Waals surface area contributed by atoms with E-state index >= 15 is 0 Å². The van der Waals surface area contributed by atoms with Crippen LogP contribution in [0.5, 0.6) is 5.75 Å². The van der Waals surface area contributed by atoms with Crippen LogP contribution < -0.4 is 10.5 Å². The third-order valence-corrected chi connectivity index (χ3v) is 3.67. The summed E-state index contributed by atoms with van der Waals surface area (Å²) in [6.07, 6.45) is 0. The lowest BCUT2D eigenvalue weighted by atomic mass is 9.80. The van der Waals surface area contributed by atoms with Crippen LogP contribution in [0.4, 0.5) is 0 Å². The number of methoxy groups -OCH3 is 2. The van der Waals surface area contributed by atoms with Gasteiger partial charge in [-0.2, -0.15) is 0 Å². The molecule has 0 spiro atoms. The molecular formula is C15H23NO3. The molecule has 1 rings (SSSR count). The summed E-state index contributed by atoms with van der Waals surface area (Å²) in [4.78, 5) is 11.9. The summed E-state index contributed by atoms with van der Waals surface area (Å²) in [6, 6.07) is 3.43. The van der Waals surface area contributed by atoms with Crippen LogP contribution in [0.2, 0.25) is 0 Å². The van der Waals surface area contributed by atoms with Crippen molar-refractivity contribution in [3.8, 4) is 5.75 Å². The van der Waals surface area contributed by atoms with Gasteiger partial charge in [0.15, 0.2) is 0 Å². The summed E-state index contributed by atoms with van der Waals surface area (Å²) in [5.74, 6) is 0.368. The summed E-state index contributed by atoms with van der Waals surface area (Å²) in [5.41, 5.74) is 8.51. The van der Waals surface area contributed by atoms with Crippen molar-refractivity contribution in [2.75, 3.05) is 14.2 Å². The fraction of sp³-hybridized carbons (Fsp3) is 0.533. The third-order valence-electron chi connectivity index (χ3n) is 3.67. The zero-order valence-electron chi connectivity index (χ0n) is 12.5. The fourth-order valence-corrected chi connectivity index (χ4v) is 2.01. The molecule has 0 heterocycles. The van der Waals surface area contributed by atoms with Crippen molar-refractivity contribution < 1.29 is 14.3 Å². The second-order valence-corrected chi connectivity index (χ2v) is 5.37. The summed E-state index contributed by atoms with van der Waals surface area (Å²) < 4.78 is 10.2. The molecule has 0 fully saturated rings. The standard InChI is InChI=1S/C15H23NO3/c1-9-7-11(12(18-5)8-10(9)2)13(16)15(3,4)14(17)19-6/h7-8,13H,16H2,1-6H3. The van der Waals surface area contributed by atoms with Crippen LogP contribution in [0.25, 0.3) is 0 Å². The first-order valence-electron chi connectivity index (χ1n) is 6.24. The van der Waals surface area contributed by atoms with Crippen molar-refractivity contribution in [1.29, 1.82) is 0 Å². The molecule has 4 heteroatoms. The lowest BCUT2D eigenvalue weighted by Gasteiger charge is -2.30. The number of benzene rings is 1. The molecule has 1 unspecified atom stereocenters. The number of carbonyl (C=O) groups is 1. The number of carbonyl (C=O) groups excluding carboxylic acids is 1. The van der Waals surface area contributed by atoms with Crippen LogP contribution in [0.3, 0.4) is 0 Å². The molecule has 1 aromatic rings. The highest BCUT2D eigenvalue weighted by molar-refractivity contribution is 5.77. The van der Waals surface area contributed by atoms with Gasteiger partial charge in [0, 0.05) is 11.6 Å². The van der Waals surface area contributed by atoms with Crippen molar-refractivity contribution in [3.63, 3.8) is 0 Å². The summed E-state index contributed by atoms with van der Waals surface area (Å²) >= 11 is 0. The van der Waals surface area contributed by atoms with Crippen molar-refractivity contribution >= 4 is 5.97 Å². The van der Waals surface area contributed by atoms with Gasteiger partial charge in [-0.05, 0) is 44.9 Å². The van der Waals surface area contributed by atoms with Gasteiger partial charge in [-0.1, -0.05) is 6.07 Å². The number of ether oxygens (including phenoxy) is 2. The number of esters is 1. The topological polar surface area (TPSA) is 61.5 Å². The largest absolute Gasteiger partial charge is 0.496 e. The van der Waals surface area contributed by atoms with Gasteiger partial charge in [-0.25, -0.2) is 0 Å². The van der Waals surface area contributed by atoms with Gasteiger partial charge in [-0.3, -0.25) is 4.79 Å². The normalized spacial score (nSPS) is 13.0.